The van der Waals surface area contributed by atoms with Gasteiger partial charge in [0.15, 0.2) is 5.79 Å². The SMILES string of the molecule is CCCCCCCCOC1(OCCCCCCCC)C=CC(c2ccccc2F)=CC1. The molecule has 1 aliphatic carbocycles. The smallest absolute Gasteiger partial charge is 0.191 e. The second-order valence-electron chi connectivity index (χ2n) is 8.72. The highest BCUT2D eigenvalue weighted by molar-refractivity contribution is 5.75. The Kier molecular flexibility index (Phi) is 12.8. The van der Waals surface area contributed by atoms with Crippen LogP contribution < -0.4 is 0 Å². The van der Waals surface area contributed by atoms with Crippen LogP contribution in [-0.2, 0) is 9.47 Å². The van der Waals surface area contributed by atoms with Gasteiger partial charge in [0.25, 0.3) is 0 Å². The first-order chi connectivity index (χ1) is 15.2. The molecule has 0 heterocycles. The van der Waals surface area contributed by atoms with E-state index >= 15 is 0 Å². The predicted molar refractivity (Wildman–Crippen MR) is 130 cm³/mol. The van der Waals surface area contributed by atoms with Crippen molar-refractivity contribution in [2.45, 2.75) is 103 Å². The molecule has 2 rings (SSSR count). The summed E-state index contributed by atoms with van der Waals surface area (Å²) in [6.07, 6.45) is 21.5. The van der Waals surface area contributed by atoms with Gasteiger partial charge in [-0.2, -0.15) is 0 Å². The number of hydrogen-bond donors (Lipinski definition) is 0. The van der Waals surface area contributed by atoms with Crippen LogP contribution >= 0.6 is 0 Å². The largest absolute Gasteiger partial charge is 0.346 e. The molecule has 3 heteroatoms. The molecule has 0 aliphatic heterocycles. The highest BCUT2D eigenvalue weighted by Gasteiger charge is 2.30. The molecule has 0 aromatic heterocycles. The van der Waals surface area contributed by atoms with Crippen molar-refractivity contribution < 1.29 is 13.9 Å². The molecule has 0 fully saturated rings. The van der Waals surface area contributed by atoms with E-state index < -0.39 is 5.79 Å². The van der Waals surface area contributed by atoms with Gasteiger partial charge >= 0.3 is 0 Å². The van der Waals surface area contributed by atoms with Crippen LogP contribution in [-0.4, -0.2) is 19.0 Å². The summed E-state index contributed by atoms with van der Waals surface area (Å²) in [6, 6.07) is 6.94. The number of hydrogen-bond acceptors (Lipinski definition) is 2. The summed E-state index contributed by atoms with van der Waals surface area (Å²) in [5.74, 6) is -0.895. The van der Waals surface area contributed by atoms with Gasteiger partial charge in [-0.25, -0.2) is 4.39 Å². The lowest BCUT2D eigenvalue weighted by Gasteiger charge is -2.33. The first kappa shape index (κ1) is 25.8. The van der Waals surface area contributed by atoms with Crippen LogP contribution in [0.3, 0.4) is 0 Å². The molecular weight excluding hydrogens is 387 g/mol. The third kappa shape index (κ3) is 9.70. The number of ether oxygens (including phenoxy) is 2. The minimum atomic E-state index is -0.707. The molecule has 1 aromatic carbocycles. The monoisotopic (exact) mass is 430 g/mol. The summed E-state index contributed by atoms with van der Waals surface area (Å²) in [5.41, 5.74) is 1.54. The summed E-state index contributed by atoms with van der Waals surface area (Å²) in [6.45, 7) is 5.89. The summed E-state index contributed by atoms with van der Waals surface area (Å²) in [7, 11) is 0. The van der Waals surface area contributed by atoms with Crippen molar-refractivity contribution in [2.24, 2.45) is 0 Å². The van der Waals surface area contributed by atoms with Crippen LogP contribution in [0, 0.1) is 5.82 Å². The zero-order chi connectivity index (χ0) is 22.2. The van der Waals surface area contributed by atoms with E-state index in [1.165, 1.54) is 70.3 Å². The highest BCUT2D eigenvalue weighted by Crippen LogP contribution is 2.32. The molecule has 31 heavy (non-hydrogen) atoms. The molecule has 0 amide bonds. The topological polar surface area (TPSA) is 18.5 Å². The fourth-order valence-corrected chi connectivity index (χ4v) is 4.01. The molecule has 0 saturated heterocycles. The van der Waals surface area contributed by atoms with Gasteiger partial charge in [-0.05, 0) is 30.6 Å². The Morgan fingerprint density at radius 3 is 1.84 bits per heavy atom. The zero-order valence-corrected chi connectivity index (χ0v) is 19.8. The molecule has 0 N–H and O–H groups in total. The van der Waals surface area contributed by atoms with Crippen molar-refractivity contribution >= 4 is 5.57 Å². The molecule has 0 spiro atoms. The minimum absolute atomic E-state index is 0.188. The Morgan fingerprint density at radius 2 is 1.32 bits per heavy atom. The minimum Gasteiger partial charge on any atom is -0.346 e. The van der Waals surface area contributed by atoms with E-state index in [1.54, 1.807) is 6.07 Å². The van der Waals surface area contributed by atoms with Gasteiger partial charge in [-0.3, -0.25) is 0 Å². The molecule has 2 nitrogen and oxygen atoms in total. The lowest BCUT2D eigenvalue weighted by molar-refractivity contribution is -0.203. The van der Waals surface area contributed by atoms with E-state index in [1.807, 2.05) is 24.3 Å². The summed E-state index contributed by atoms with van der Waals surface area (Å²) in [5, 5.41) is 0. The Labute approximate surface area is 189 Å². The lowest BCUT2D eigenvalue weighted by atomic mass is 9.96. The van der Waals surface area contributed by atoms with Crippen molar-refractivity contribution in [1.29, 1.82) is 0 Å². The molecule has 1 aromatic rings. The molecule has 0 unspecified atom stereocenters. The Hall–Kier alpha value is -1.45. The van der Waals surface area contributed by atoms with E-state index in [-0.39, 0.29) is 5.82 Å². The van der Waals surface area contributed by atoms with Crippen LogP contribution in [0.15, 0.2) is 42.5 Å². The fourth-order valence-electron chi connectivity index (χ4n) is 4.01. The van der Waals surface area contributed by atoms with Gasteiger partial charge in [-0.1, -0.05) is 108 Å². The van der Waals surface area contributed by atoms with Gasteiger partial charge in [0.05, 0.1) is 13.2 Å². The van der Waals surface area contributed by atoms with E-state index in [4.69, 9.17) is 9.47 Å². The van der Waals surface area contributed by atoms with Gasteiger partial charge in [0.2, 0.25) is 0 Å². The second-order valence-corrected chi connectivity index (χ2v) is 8.72. The number of allylic oxidation sites excluding steroid dienone is 2. The molecule has 0 radical (unpaired) electrons. The Balaban J connectivity index is 1.86. The molecule has 0 atom stereocenters. The van der Waals surface area contributed by atoms with Crippen molar-refractivity contribution in [2.75, 3.05) is 13.2 Å². The first-order valence-corrected chi connectivity index (χ1v) is 12.6. The maximum atomic E-state index is 14.2. The van der Waals surface area contributed by atoms with Gasteiger partial charge in [-0.15, -0.1) is 0 Å². The molecule has 0 saturated carbocycles. The standard InChI is InChI=1S/C28H43FO2/c1-3-5-7-9-11-15-23-30-28(31-24-16-12-10-8-6-4-2)21-19-25(20-22-28)26-17-13-14-18-27(26)29/h13-14,17-21H,3-12,15-16,22-24H2,1-2H3. The van der Waals surface area contributed by atoms with Gasteiger partial charge < -0.3 is 9.47 Å². The summed E-state index contributed by atoms with van der Waals surface area (Å²) in [4.78, 5) is 0. The average molecular weight is 431 g/mol. The van der Waals surface area contributed by atoms with E-state index in [2.05, 4.69) is 19.9 Å². The molecular formula is C28H43FO2. The predicted octanol–water partition coefficient (Wildman–Crippen LogP) is 8.62. The van der Waals surface area contributed by atoms with Crippen molar-refractivity contribution in [3.05, 3.63) is 53.9 Å². The van der Waals surface area contributed by atoms with E-state index in [0.717, 1.165) is 18.4 Å². The lowest BCUT2D eigenvalue weighted by Crippen LogP contribution is -2.35. The van der Waals surface area contributed by atoms with Crippen LogP contribution in [0.25, 0.3) is 5.57 Å². The number of unbranched alkanes of at least 4 members (excludes halogenated alkanes) is 10. The molecule has 1 aliphatic rings. The van der Waals surface area contributed by atoms with Crippen LogP contribution in [0.2, 0.25) is 0 Å². The van der Waals surface area contributed by atoms with E-state index in [0.29, 0.717) is 25.2 Å². The van der Waals surface area contributed by atoms with Crippen molar-refractivity contribution in [1.82, 2.24) is 0 Å². The van der Waals surface area contributed by atoms with Crippen molar-refractivity contribution in [3.8, 4) is 0 Å². The number of benzene rings is 1. The quantitative estimate of drug-likeness (QED) is 0.182. The number of rotatable bonds is 17. The van der Waals surface area contributed by atoms with Crippen LogP contribution in [0.1, 0.15) is 103 Å². The third-order valence-electron chi connectivity index (χ3n) is 6.00. The zero-order valence-electron chi connectivity index (χ0n) is 19.8. The molecule has 174 valence electrons. The molecule has 0 bridgehead atoms. The Bertz CT molecular complexity index is 647. The first-order valence-electron chi connectivity index (χ1n) is 12.6. The van der Waals surface area contributed by atoms with Gasteiger partial charge in [0, 0.05) is 12.0 Å². The Morgan fingerprint density at radius 1 is 0.774 bits per heavy atom. The normalized spacial score (nSPS) is 15.3. The maximum Gasteiger partial charge on any atom is 0.191 e. The summed E-state index contributed by atoms with van der Waals surface area (Å²) < 4.78 is 26.8. The maximum absolute atomic E-state index is 14.2. The average Bonchev–Trinajstić information content (AvgIpc) is 2.79. The van der Waals surface area contributed by atoms with Gasteiger partial charge in [0.1, 0.15) is 5.82 Å². The van der Waals surface area contributed by atoms with E-state index in [9.17, 15) is 4.39 Å². The summed E-state index contributed by atoms with van der Waals surface area (Å²) >= 11 is 0. The third-order valence-corrected chi connectivity index (χ3v) is 6.00. The number of halogens is 1. The van der Waals surface area contributed by atoms with Crippen LogP contribution in [0.4, 0.5) is 4.39 Å². The highest BCUT2D eigenvalue weighted by atomic mass is 19.1. The van der Waals surface area contributed by atoms with Crippen LogP contribution in [0.5, 0.6) is 0 Å². The fraction of sp³-hybridized carbons (Fsp3) is 0.643. The second kappa shape index (κ2) is 15.4. The van der Waals surface area contributed by atoms with Crippen molar-refractivity contribution in [3.63, 3.8) is 0 Å².